The number of hydrazine groups is 1. The van der Waals surface area contributed by atoms with Crippen LogP contribution in [0, 0.1) is 5.82 Å². The molecule has 0 aromatic heterocycles. The SMILES string of the molecule is CN=C(NN)Nc1c(F)cccc1Br. The lowest BCUT2D eigenvalue weighted by Crippen LogP contribution is -2.36. The molecule has 4 N–H and O–H groups in total. The second kappa shape index (κ2) is 4.92. The summed E-state index contributed by atoms with van der Waals surface area (Å²) in [5.74, 6) is 5.06. The van der Waals surface area contributed by atoms with Crippen LogP contribution in [0.1, 0.15) is 0 Å². The van der Waals surface area contributed by atoms with Crippen LogP contribution in [0.25, 0.3) is 0 Å². The van der Waals surface area contributed by atoms with Gasteiger partial charge in [-0.2, -0.15) is 0 Å². The van der Waals surface area contributed by atoms with E-state index in [1.807, 2.05) is 0 Å². The highest BCUT2D eigenvalue weighted by atomic mass is 79.9. The number of hydrogen-bond acceptors (Lipinski definition) is 2. The zero-order valence-corrected chi connectivity index (χ0v) is 9.10. The Morgan fingerprint density at radius 2 is 2.29 bits per heavy atom. The minimum atomic E-state index is -0.379. The molecule has 0 fully saturated rings. The lowest BCUT2D eigenvalue weighted by Gasteiger charge is -2.10. The van der Waals surface area contributed by atoms with Crippen molar-refractivity contribution in [1.29, 1.82) is 0 Å². The highest BCUT2D eigenvalue weighted by molar-refractivity contribution is 9.10. The van der Waals surface area contributed by atoms with Crippen molar-refractivity contribution in [3.63, 3.8) is 0 Å². The van der Waals surface area contributed by atoms with Gasteiger partial charge in [0.15, 0.2) is 0 Å². The van der Waals surface area contributed by atoms with Crippen molar-refractivity contribution in [2.75, 3.05) is 12.4 Å². The van der Waals surface area contributed by atoms with Gasteiger partial charge in [0.1, 0.15) is 5.82 Å². The molecule has 0 amide bonds. The molecule has 1 aromatic carbocycles. The molecule has 0 bridgehead atoms. The molecule has 0 aliphatic rings. The molecule has 4 nitrogen and oxygen atoms in total. The van der Waals surface area contributed by atoms with Crippen LogP contribution in [0.5, 0.6) is 0 Å². The molecule has 0 saturated heterocycles. The van der Waals surface area contributed by atoms with Crippen LogP contribution >= 0.6 is 15.9 Å². The molecule has 0 saturated carbocycles. The maximum absolute atomic E-state index is 13.3. The maximum Gasteiger partial charge on any atom is 0.210 e. The number of anilines is 1. The number of rotatable bonds is 1. The van der Waals surface area contributed by atoms with E-state index in [9.17, 15) is 4.39 Å². The van der Waals surface area contributed by atoms with E-state index in [1.54, 1.807) is 12.1 Å². The Labute approximate surface area is 89.5 Å². The van der Waals surface area contributed by atoms with Crippen molar-refractivity contribution in [2.45, 2.75) is 0 Å². The first-order chi connectivity index (χ1) is 6.69. The number of halogens is 2. The fourth-order valence-corrected chi connectivity index (χ4v) is 1.33. The molecule has 0 aliphatic carbocycles. The van der Waals surface area contributed by atoms with E-state index in [4.69, 9.17) is 5.84 Å². The Bertz CT molecular complexity index is 333. The molecule has 6 heteroatoms. The van der Waals surface area contributed by atoms with E-state index >= 15 is 0 Å². The predicted octanol–water partition coefficient (Wildman–Crippen LogP) is 1.45. The average Bonchev–Trinajstić information content (AvgIpc) is 2.18. The Morgan fingerprint density at radius 3 is 2.79 bits per heavy atom. The molecule has 14 heavy (non-hydrogen) atoms. The Balaban J connectivity index is 2.96. The number of nitrogens with one attached hydrogen (secondary N) is 2. The molecule has 0 aliphatic heterocycles. The van der Waals surface area contributed by atoms with Crippen LogP contribution in [0.4, 0.5) is 10.1 Å². The van der Waals surface area contributed by atoms with Crippen molar-refractivity contribution < 1.29 is 4.39 Å². The Morgan fingerprint density at radius 1 is 1.57 bits per heavy atom. The Hall–Kier alpha value is -1.14. The molecule has 76 valence electrons. The normalized spacial score (nSPS) is 11.3. The molecule has 0 heterocycles. The maximum atomic E-state index is 13.3. The highest BCUT2D eigenvalue weighted by Crippen LogP contribution is 2.24. The standard InChI is InChI=1S/C8H10BrFN4/c1-12-8(14-11)13-7-5(9)3-2-4-6(7)10/h2-4H,11H2,1H3,(H2,12,13,14). The number of nitrogens with zero attached hydrogens (tertiary/aromatic N) is 1. The van der Waals surface area contributed by atoms with E-state index in [0.29, 0.717) is 10.2 Å². The topological polar surface area (TPSA) is 62.4 Å². The van der Waals surface area contributed by atoms with Crippen LogP contribution < -0.4 is 16.6 Å². The lowest BCUT2D eigenvalue weighted by atomic mass is 10.3. The van der Waals surface area contributed by atoms with Gasteiger partial charge >= 0.3 is 0 Å². The van der Waals surface area contributed by atoms with Gasteiger partial charge in [-0.3, -0.25) is 10.4 Å². The second-order valence-electron chi connectivity index (χ2n) is 2.44. The number of benzene rings is 1. The zero-order valence-electron chi connectivity index (χ0n) is 7.51. The smallest absolute Gasteiger partial charge is 0.210 e. The fraction of sp³-hybridized carbons (Fsp3) is 0.125. The first-order valence-electron chi connectivity index (χ1n) is 3.83. The van der Waals surface area contributed by atoms with Crippen molar-refractivity contribution in [1.82, 2.24) is 5.43 Å². The minimum absolute atomic E-state index is 0.288. The van der Waals surface area contributed by atoms with Gasteiger partial charge in [-0.25, -0.2) is 10.2 Å². The third-order valence-electron chi connectivity index (χ3n) is 1.57. The summed E-state index contributed by atoms with van der Waals surface area (Å²) in [7, 11) is 1.54. The van der Waals surface area contributed by atoms with Gasteiger partial charge in [-0.1, -0.05) is 6.07 Å². The minimum Gasteiger partial charge on any atom is -0.322 e. The van der Waals surface area contributed by atoms with E-state index in [1.165, 1.54) is 13.1 Å². The summed E-state index contributed by atoms with van der Waals surface area (Å²) >= 11 is 3.21. The van der Waals surface area contributed by atoms with Gasteiger partial charge in [0, 0.05) is 11.5 Å². The number of aliphatic imine (C=N–C) groups is 1. The summed E-state index contributed by atoms with van der Waals surface area (Å²) in [5.41, 5.74) is 2.60. The molecular weight excluding hydrogens is 251 g/mol. The first kappa shape index (κ1) is 10.9. The third kappa shape index (κ3) is 2.43. The van der Waals surface area contributed by atoms with Gasteiger partial charge in [0.05, 0.1) is 5.69 Å². The van der Waals surface area contributed by atoms with Gasteiger partial charge in [0.25, 0.3) is 0 Å². The summed E-state index contributed by atoms with van der Waals surface area (Å²) in [5, 5.41) is 2.71. The van der Waals surface area contributed by atoms with Crippen molar-refractivity contribution in [2.24, 2.45) is 10.8 Å². The summed E-state index contributed by atoms with van der Waals surface area (Å²) in [6.07, 6.45) is 0. The first-order valence-corrected chi connectivity index (χ1v) is 4.62. The fourth-order valence-electron chi connectivity index (χ4n) is 0.892. The summed E-state index contributed by atoms with van der Waals surface area (Å²) in [6, 6.07) is 4.66. The molecular formula is C8H10BrFN4. The number of hydrogen-bond donors (Lipinski definition) is 3. The van der Waals surface area contributed by atoms with Crippen LogP contribution in [0.3, 0.4) is 0 Å². The van der Waals surface area contributed by atoms with Crippen LogP contribution in [0.15, 0.2) is 27.7 Å². The zero-order chi connectivity index (χ0) is 10.6. The predicted molar refractivity (Wildman–Crippen MR) is 58.4 cm³/mol. The number of guanidine groups is 1. The molecule has 1 rings (SSSR count). The molecule has 0 unspecified atom stereocenters. The second-order valence-corrected chi connectivity index (χ2v) is 3.29. The van der Waals surface area contributed by atoms with Crippen LogP contribution in [-0.2, 0) is 0 Å². The molecule has 1 aromatic rings. The van der Waals surface area contributed by atoms with E-state index in [-0.39, 0.29) is 11.8 Å². The third-order valence-corrected chi connectivity index (χ3v) is 2.23. The van der Waals surface area contributed by atoms with E-state index in [0.717, 1.165) is 0 Å². The van der Waals surface area contributed by atoms with Crippen LogP contribution in [-0.4, -0.2) is 13.0 Å². The van der Waals surface area contributed by atoms with Gasteiger partial charge in [-0.15, -0.1) is 0 Å². The largest absolute Gasteiger partial charge is 0.322 e. The van der Waals surface area contributed by atoms with E-state index < -0.39 is 0 Å². The van der Waals surface area contributed by atoms with Crippen LogP contribution in [0.2, 0.25) is 0 Å². The summed E-state index contributed by atoms with van der Waals surface area (Å²) in [6.45, 7) is 0. The number of para-hydroxylation sites is 1. The molecule has 0 atom stereocenters. The lowest BCUT2D eigenvalue weighted by molar-refractivity contribution is 0.631. The highest BCUT2D eigenvalue weighted by Gasteiger charge is 2.07. The van der Waals surface area contributed by atoms with Gasteiger partial charge in [0.2, 0.25) is 5.96 Å². The van der Waals surface area contributed by atoms with Crippen molar-refractivity contribution >= 4 is 27.6 Å². The number of nitrogens with two attached hydrogens (primary N) is 1. The Kier molecular flexibility index (Phi) is 3.84. The summed E-state index contributed by atoms with van der Waals surface area (Å²) < 4.78 is 13.9. The van der Waals surface area contributed by atoms with Crippen molar-refractivity contribution in [3.05, 3.63) is 28.5 Å². The average molecular weight is 261 g/mol. The monoisotopic (exact) mass is 260 g/mol. The van der Waals surface area contributed by atoms with Crippen molar-refractivity contribution in [3.8, 4) is 0 Å². The quantitative estimate of drug-likeness (QED) is 0.310. The van der Waals surface area contributed by atoms with Gasteiger partial charge in [-0.05, 0) is 28.1 Å². The van der Waals surface area contributed by atoms with Gasteiger partial charge < -0.3 is 5.32 Å². The molecule has 0 spiro atoms. The summed E-state index contributed by atoms with van der Waals surface area (Å²) in [4.78, 5) is 3.77. The molecule has 0 radical (unpaired) electrons. The van der Waals surface area contributed by atoms with E-state index in [2.05, 4.69) is 31.7 Å².